The first kappa shape index (κ1) is 10.4. The predicted octanol–water partition coefficient (Wildman–Crippen LogP) is 1.54. The molecule has 0 fully saturated rings. The van der Waals surface area contributed by atoms with Gasteiger partial charge in [0.05, 0.1) is 10.5 Å². The first-order valence-electron chi connectivity index (χ1n) is 4.06. The van der Waals surface area contributed by atoms with Gasteiger partial charge < -0.3 is 0 Å². The molecule has 15 heavy (non-hydrogen) atoms. The number of hydrogen-bond donors (Lipinski definition) is 1. The first-order chi connectivity index (χ1) is 7.00. The highest BCUT2D eigenvalue weighted by Gasteiger charge is 2.15. The van der Waals surface area contributed by atoms with E-state index in [1.54, 1.807) is 24.3 Å². The number of nitrogens with two attached hydrogens (primary N) is 1. The van der Waals surface area contributed by atoms with Crippen LogP contribution in [0.5, 0.6) is 0 Å². The third kappa shape index (κ3) is 1.81. The highest BCUT2D eigenvalue weighted by atomic mass is 35.5. The van der Waals surface area contributed by atoms with Gasteiger partial charge in [0.15, 0.2) is 0 Å². The van der Waals surface area contributed by atoms with Crippen LogP contribution >= 0.6 is 11.6 Å². The minimum atomic E-state index is -3.82. The van der Waals surface area contributed by atoms with Crippen LogP contribution in [0.25, 0.3) is 10.9 Å². The van der Waals surface area contributed by atoms with Crippen LogP contribution in [0.3, 0.4) is 0 Å². The van der Waals surface area contributed by atoms with E-state index >= 15 is 0 Å². The molecule has 4 nitrogen and oxygen atoms in total. The maximum Gasteiger partial charge on any atom is 0.241 e. The molecule has 1 aromatic heterocycles. The number of para-hydroxylation sites is 1. The quantitative estimate of drug-likeness (QED) is 0.824. The fourth-order valence-electron chi connectivity index (χ4n) is 1.29. The molecule has 0 aliphatic carbocycles. The van der Waals surface area contributed by atoms with Gasteiger partial charge in [0, 0.05) is 11.6 Å². The van der Waals surface area contributed by atoms with Crippen molar-refractivity contribution >= 4 is 32.5 Å². The van der Waals surface area contributed by atoms with E-state index in [4.69, 9.17) is 16.7 Å². The van der Waals surface area contributed by atoms with Crippen molar-refractivity contribution in [3.05, 3.63) is 35.5 Å². The number of sulfonamides is 1. The van der Waals surface area contributed by atoms with E-state index in [1.165, 1.54) is 6.20 Å². The Bertz CT molecular complexity index is 625. The van der Waals surface area contributed by atoms with E-state index in [1.807, 2.05) is 0 Å². The molecule has 0 amide bonds. The first-order valence-corrected chi connectivity index (χ1v) is 5.98. The lowest BCUT2D eigenvalue weighted by molar-refractivity contribution is 0.597. The second-order valence-corrected chi connectivity index (χ2v) is 4.91. The van der Waals surface area contributed by atoms with Crippen LogP contribution in [0.2, 0.25) is 5.02 Å². The summed E-state index contributed by atoms with van der Waals surface area (Å²) in [6, 6.07) is 6.98. The number of rotatable bonds is 1. The van der Waals surface area contributed by atoms with Crippen LogP contribution < -0.4 is 5.14 Å². The minimum Gasteiger partial charge on any atom is -0.255 e. The molecule has 0 atom stereocenters. The third-order valence-corrected chi connectivity index (χ3v) is 3.43. The number of hydrogen-bond acceptors (Lipinski definition) is 3. The number of aromatic nitrogens is 1. The summed E-state index contributed by atoms with van der Waals surface area (Å²) in [7, 11) is -3.82. The summed E-state index contributed by atoms with van der Waals surface area (Å²) in [6.07, 6.45) is 1.17. The number of benzene rings is 1. The lowest BCUT2D eigenvalue weighted by atomic mass is 10.2. The van der Waals surface area contributed by atoms with Gasteiger partial charge in [-0.15, -0.1) is 0 Å². The summed E-state index contributed by atoms with van der Waals surface area (Å²) in [5.74, 6) is 0. The molecule has 0 spiro atoms. The second-order valence-electron chi connectivity index (χ2n) is 3.00. The lowest BCUT2D eigenvalue weighted by Gasteiger charge is -2.04. The average Bonchev–Trinajstić information content (AvgIpc) is 2.16. The van der Waals surface area contributed by atoms with Crippen LogP contribution in [0, 0.1) is 0 Å². The number of fused-ring (bicyclic) bond motifs is 1. The molecular formula is C9H7ClN2O2S. The van der Waals surface area contributed by atoms with Gasteiger partial charge in [0.1, 0.15) is 4.90 Å². The summed E-state index contributed by atoms with van der Waals surface area (Å²) in [5, 5.41) is 5.69. The standard InChI is InChI=1S/C9H7ClN2O2S/c10-9-6-3-1-2-4-7(6)12-5-8(9)15(11,13)14/h1-5H,(H2,11,13,14). The molecular weight excluding hydrogens is 236 g/mol. The Hall–Kier alpha value is -1.17. The monoisotopic (exact) mass is 242 g/mol. The van der Waals surface area contributed by atoms with Crippen LogP contribution in [0.4, 0.5) is 0 Å². The van der Waals surface area contributed by atoms with Crippen molar-refractivity contribution < 1.29 is 8.42 Å². The number of halogens is 1. The molecule has 2 N–H and O–H groups in total. The van der Waals surface area contributed by atoms with Gasteiger partial charge in [-0.1, -0.05) is 29.8 Å². The molecule has 0 radical (unpaired) electrons. The van der Waals surface area contributed by atoms with Gasteiger partial charge in [0.2, 0.25) is 10.0 Å². The van der Waals surface area contributed by atoms with Crippen LogP contribution in [0.15, 0.2) is 35.4 Å². The smallest absolute Gasteiger partial charge is 0.241 e. The Morgan fingerprint density at radius 1 is 1.27 bits per heavy atom. The lowest BCUT2D eigenvalue weighted by Crippen LogP contribution is -2.13. The molecule has 1 aromatic carbocycles. The van der Waals surface area contributed by atoms with Crippen molar-refractivity contribution in [2.45, 2.75) is 4.90 Å². The predicted molar refractivity (Wildman–Crippen MR) is 58.1 cm³/mol. The highest BCUT2D eigenvalue weighted by Crippen LogP contribution is 2.27. The Balaban J connectivity index is 2.88. The van der Waals surface area contributed by atoms with Gasteiger partial charge in [0.25, 0.3) is 0 Å². The molecule has 78 valence electrons. The Morgan fingerprint density at radius 2 is 1.93 bits per heavy atom. The Labute approximate surface area is 91.7 Å². The molecule has 6 heteroatoms. The van der Waals surface area contributed by atoms with Crippen molar-refractivity contribution in [3.8, 4) is 0 Å². The third-order valence-electron chi connectivity index (χ3n) is 1.98. The Kier molecular flexibility index (Phi) is 2.38. The van der Waals surface area contributed by atoms with Gasteiger partial charge in [-0.05, 0) is 6.07 Å². The maximum absolute atomic E-state index is 11.2. The second kappa shape index (κ2) is 3.44. The van der Waals surface area contributed by atoms with Crippen molar-refractivity contribution in [3.63, 3.8) is 0 Å². The fourth-order valence-corrected chi connectivity index (χ4v) is 2.38. The van der Waals surface area contributed by atoms with Crippen molar-refractivity contribution in [1.82, 2.24) is 4.98 Å². The van der Waals surface area contributed by atoms with Crippen LogP contribution in [-0.4, -0.2) is 13.4 Å². The molecule has 1 heterocycles. The topological polar surface area (TPSA) is 73.1 Å². The van der Waals surface area contributed by atoms with Gasteiger partial charge in [-0.2, -0.15) is 0 Å². The van der Waals surface area contributed by atoms with E-state index in [2.05, 4.69) is 4.98 Å². The largest absolute Gasteiger partial charge is 0.255 e. The van der Waals surface area contributed by atoms with E-state index in [-0.39, 0.29) is 9.92 Å². The summed E-state index contributed by atoms with van der Waals surface area (Å²) in [5.41, 5.74) is 0.634. The zero-order chi connectivity index (χ0) is 11.1. The molecule has 2 aromatic rings. The van der Waals surface area contributed by atoms with Gasteiger partial charge in [-0.25, -0.2) is 13.6 Å². The van der Waals surface area contributed by atoms with Crippen molar-refractivity contribution in [2.24, 2.45) is 5.14 Å². The summed E-state index contributed by atoms with van der Waals surface area (Å²) in [4.78, 5) is 3.81. The highest BCUT2D eigenvalue weighted by molar-refractivity contribution is 7.89. The number of nitrogens with zero attached hydrogens (tertiary/aromatic N) is 1. The van der Waals surface area contributed by atoms with Gasteiger partial charge >= 0.3 is 0 Å². The van der Waals surface area contributed by atoms with E-state index in [0.717, 1.165) is 0 Å². The summed E-state index contributed by atoms with van der Waals surface area (Å²) >= 11 is 5.93. The maximum atomic E-state index is 11.2. The van der Waals surface area contributed by atoms with E-state index in [0.29, 0.717) is 10.9 Å². The molecule has 0 saturated carbocycles. The van der Waals surface area contributed by atoms with E-state index < -0.39 is 10.0 Å². The normalized spacial score (nSPS) is 11.9. The van der Waals surface area contributed by atoms with Crippen molar-refractivity contribution in [2.75, 3.05) is 0 Å². The zero-order valence-electron chi connectivity index (χ0n) is 7.51. The average molecular weight is 243 g/mol. The van der Waals surface area contributed by atoms with Crippen LogP contribution in [-0.2, 0) is 10.0 Å². The Morgan fingerprint density at radius 3 is 2.60 bits per heavy atom. The summed E-state index contributed by atoms with van der Waals surface area (Å²) in [6.45, 7) is 0. The molecule has 0 unspecified atom stereocenters. The van der Waals surface area contributed by atoms with Gasteiger partial charge in [-0.3, -0.25) is 4.98 Å². The minimum absolute atomic E-state index is 0.114. The number of pyridine rings is 1. The summed E-state index contributed by atoms with van der Waals surface area (Å²) < 4.78 is 22.3. The number of primary sulfonamides is 1. The molecule has 0 aliphatic heterocycles. The van der Waals surface area contributed by atoms with E-state index in [9.17, 15) is 8.42 Å². The van der Waals surface area contributed by atoms with Crippen LogP contribution in [0.1, 0.15) is 0 Å². The molecule has 0 aliphatic rings. The SMILES string of the molecule is NS(=O)(=O)c1cnc2ccccc2c1Cl. The zero-order valence-corrected chi connectivity index (χ0v) is 9.09. The molecule has 0 bridgehead atoms. The fraction of sp³-hybridized carbons (Fsp3) is 0. The molecule has 0 saturated heterocycles. The molecule has 2 rings (SSSR count). The van der Waals surface area contributed by atoms with Crippen molar-refractivity contribution in [1.29, 1.82) is 0 Å².